The number of aryl methyl sites for hydroxylation is 1. The summed E-state index contributed by atoms with van der Waals surface area (Å²) in [6.45, 7) is 2.17. The van der Waals surface area contributed by atoms with Crippen LogP contribution in [0.15, 0.2) is 24.3 Å². The summed E-state index contributed by atoms with van der Waals surface area (Å²) in [5, 5.41) is 0. The molecule has 1 heteroatoms. The van der Waals surface area contributed by atoms with Crippen molar-refractivity contribution in [2.45, 2.75) is 38.1 Å². The molecule has 0 saturated carbocycles. The van der Waals surface area contributed by atoms with E-state index < -0.39 is 0 Å². The maximum absolute atomic E-state index is 6.09. The molecule has 0 heterocycles. The third-order valence-electron chi connectivity index (χ3n) is 3.17. The molecule has 2 atom stereocenters. The van der Waals surface area contributed by atoms with E-state index in [1.807, 2.05) is 0 Å². The molecule has 1 aliphatic carbocycles. The van der Waals surface area contributed by atoms with E-state index in [4.69, 9.17) is 5.73 Å². The van der Waals surface area contributed by atoms with E-state index >= 15 is 0 Å². The summed E-state index contributed by atoms with van der Waals surface area (Å²) in [5.74, 6) is 0.612. The van der Waals surface area contributed by atoms with Crippen molar-refractivity contribution in [1.29, 1.82) is 0 Å². The molecule has 0 bridgehead atoms. The maximum Gasteiger partial charge on any atom is 0.0105 e. The van der Waals surface area contributed by atoms with E-state index in [9.17, 15) is 0 Å². The topological polar surface area (TPSA) is 26.0 Å². The smallest absolute Gasteiger partial charge is 0.0105 e. The minimum absolute atomic E-state index is 0.351. The Balaban J connectivity index is 2.28. The molecule has 2 rings (SSSR count). The molecular weight excluding hydrogens is 158 g/mol. The lowest BCUT2D eigenvalue weighted by molar-refractivity contribution is 0.515. The van der Waals surface area contributed by atoms with Crippen molar-refractivity contribution < 1.29 is 0 Å². The first kappa shape index (κ1) is 8.76. The van der Waals surface area contributed by atoms with Gasteiger partial charge in [-0.15, -0.1) is 0 Å². The van der Waals surface area contributed by atoms with Crippen LogP contribution >= 0.6 is 0 Å². The van der Waals surface area contributed by atoms with Gasteiger partial charge in [-0.25, -0.2) is 0 Å². The Kier molecular flexibility index (Phi) is 2.36. The molecule has 0 aliphatic heterocycles. The zero-order valence-electron chi connectivity index (χ0n) is 8.16. The third kappa shape index (κ3) is 1.49. The van der Waals surface area contributed by atoms with Crippen molar-refractivity contribution in [3.8, 4) is 0 Å². The standard InChI is InChI=1S/C12H17N/c1-2-12(13)11-8-7-9-5-3-4-6-10(9)11/h3-6,11-12H,2,7-8,13H2,1H3/t11?,12-/m0/s1. The Labute approximate surface area is 80.0 Å². The molecule has 1 aliphatic rings. The molecule has 0 radical (unpaired) electrons. The second kappa shape index (κ2) is 3.51. The van der Waals surface area contributed by atoms with E-state index in [-0.39, 0.29) is 0 Å². The largest absolute Gasteiger partial charge is 0.327 e. The monoisotopic (exact) mass is 175 g/mol. The number of nitrogens with two attached hydrogens (primary N) is 1. The second-order valence-corrected chi connectivity index (χ2v) is 3.92. The van der Waals surface area contributed by atoms with E-state index in [1.165, 1.54) is 24.0 Å². The van der Waals surface area contributed by atoms with Crippen molar-refractivity contribution >= 4 is 0 Å². The average molecular weight is 175 g/mol. The highest BCUT2D eigenvalue weighted by Crippen LogP contribution is 2.35. The van der Waals surface area contributed by atoms with E-state index in [2.05, 4.69) is 31.2 Å². The van der Waals surface area contributed by atoms with Gasteiger partial charge in [-0.3, -0.25) is 0 Å². The molecule has 0 aromatic heterocycles. The van der Waals surface area contributed by atoms with Crippen LogP contribution in [0, 0.1) is 0 Å². The average Bonchev–Trinajstić information content (AvgIpc) is 2.60. The highest BCUT2D eigenvalue weighted by atomic mass is 14.6. The Bertz CT molecular complexity index is 293. The summed E-state index contributed by atoms with van der Waals surface area (Å²) in [7, 11) is 0. The normalized spacial score (nSPS) is 22.8. The van der Waals surface area contributed by atoms with E-state index in [0.29, 0.717) is 12.0 Å². The Hall–Kier alpha value is -0.820. The van der Waals surface area contributed by atoms with Crippen molar-refractivity contribution in [1.82, 2.24) is 0 Å². The molecule has 70 valence electrons. The third-order valence-corrected chi connectivity index (χ3v) is 3.17. The minimum Gasteiger partial charge on any atom is -0.327 e. The van der Waals surface area contributed by atoms with Gasteiger partial charge < -0.3 is 5.73 Å². The van der Waals surface area contributed by atoms with Gasteiger partial charge in [-0.1, -0.05) is 31.2 Å². The van der Waals surface area contributed by atoms with E-state index in [1.54, 1.807) is 0 Å². The van der Waals surface area contributed by atoms with Gasteiger partial charge in [0.25, 0.3) is 0 Å². The molecule has 1 aromatic carbocycles. The van der Waals surface area contributed by atoms with Crippen molar-refractivity contribution in [3.05, 3.63) is 35.4 Å². The van der Waals surface area contributed by atoms with Gasteiger partial charge in [0.15, 0.2) is 0 Å². The quantitative estimate of drug-likeness (QED) is 0.734. The summed E-state index contributed by atoms with van der Waals surface area (Å²) >= 11 is 0. The van der Waals surface area contributed by atoms with Crippen LogP contribution in [0.5, 0.6) is 0 Å². The minimum atomic E-state index is 0.351. The van der Waals surface area contributed by atoms with Gasteiger partial charge in [0, 0.05) is 6.04 Å². The zero-order chi connectivity index (χ0) is 9.26. The number of fused-ring (bicyclic) bond motifs is 1. The molecule has 1 nitrogen and oxygen atoms in total. The Morgan fingerprint density at radius 2 is 2.23 bits per heavy atom. The van der Waals surface area contributed by atoms with Crippen LogP contribution in [-0.4, -0.2) is 6.04 Å². The molecule has 0 spiro atoms. The van der Waals surface area contributed by atoms with Gasteiger partial charge in [-0.2, -0.15) is 0 Å². The van der Waals surface area contributed by atoms with Crippen molar-refractivity contribution in [2.24, 2.45) is 5.73 Å². The first-order valence-corrected chi connectivity index (χ1v) is 5.16. The van der Waals surface area contributed by atoms with Crippen LogP contribution in [-0.2, 0) is 6.42 Å². The van der Waals surface area contributed by atoms with Gasteiger partial charge >= 0.3 is 0 Å². The highest BCUT2D eigenvalue weighted by molar-refractivity contribution is 5.35. The fourth-order valence-corrected chi connectivity index (χ4v) is 2.32. The highest BCUT2D eigenvalue weighted by Gasteiger charge is 2.25. The lowest BCUT2D eigenvalue weighted by atomic mass is 9.92. The molecular formula is C12H17N. The lowest BCUT2D eigenvalue weighted by Gasteiger charge is -2.18. The second-order valence-electron chi connectivity index (χ2n) is 3.92. The van der Waals surface area contributed by atoms with Crippen LogP contribution < -0.4 is 5.73 Å². The van der Waals surface area contributed by atoms with Gasteiger partial charge in [0.05, 0.1) is 0 Å². The molecule has 1 aromatic rings. The molecule has 2 N–H and O–H groups in total. The van der Waals surface area contributed by atoms with Gasteiger partial charge in [0.1, 0.15) is 0 Å². The van der Waals surface area contributed by atoms with Gasteiger partial charge in [-0.05, 0) is 36.3 Å². The Morgan fingerprint density at radius 3 is 3.00 bits per heavy atom. The number of rotatable bonds is 2. The van der Waals surface area contributed by atoms with Crippen LogP contribution in [0.2, 0.25) is 0 Å². The number of benzene rings is 1. The fourth-order valence-electron chi connectivity index (χ4n) is 2.32. The SMILES string of the molecule is CC[C@H](N)C1CCc2ccccc21. The molecule has 13 heavy (non-hydrogen) atoms. The first-order valence-electron chi connectivity index (χ1n) is 5.16. The van der Waals surface area contributed by atoms with Crippen LogP contribution in [0.4, 0.5) is 0 Å². The summed E-state index contributed by atoms with van der Waals surface area (Å²) in [6, 6.07) is 9.07. The lowest BCUT2D eigenvalue weighted by Crippen LogP contribution is -2.25. The maximum atomic E-state index is 6.09. The van der Waals surface area contributed by atoms with Crippen LogP contribution in [0.3, 0.4) is 0 Å². The summed E-state index contributed by atoms with van der Waals surface area (Å²) < 4.78 is 0. The van der Waals surface area contributed by atoms with Gasteiger partial charge in [0.2, 0.25) is 0 Å². The van der Waals surface area contributed by atoms with Crippen molar-refractivity contribution in [2.75, 3.05) is 0 Å². The summed E-state index contributed by atoms with van der Waals surface area (Å²) in [4.78, 5) is 0. The van der Waals surface area contributed by atoms with Crippen LogP contribution in [0.1, 0.15) is 36.8 Å². The predicted octanol–water partition coefficient (Wildman–Crippen LogP) is 2.45. The van der Waals surface area contributed by atoms with E-state index in [0.717, 1.165) is 6.42 Å². The summed E-state index contributed by atoms with van der Waals surface area (Å²) in [5.41, 5.74) is 9.10. The molecule has 0 amide bonds. The van der Waals surface area contributed by atoms with Crippen LogP contribution in [0.25, 0.3) is 0 Å². The fraction of sp³-hybridized carbons (Fsp3) is 0.500. The summed E-state index contributed by atoms with van der Waals surface area (Å²) in [6.07, 6.45) is 3.54. The molecule has 0 fully saturated rings. The van der Waals surface area contributed by atoms with Crippen molar-refractivity contribution in [3.63, 3.8) is 0 Å². The predicted molar refractivity (Wildman–Crippen MR) is 55.8 cm³/mol. The zero-order valence-corrected chi connectivity index (χ0v) is 8.16. The number of hydrogen-bond donors (Lipinski definition) is 1. The number of hydrogen-bond acceptors (Lipinski definition) is 1. The molecule has 0 saturated heterocycles. The Morgan fingerprint density at radius 1 is 1.46 bits per heavy atom. The first-order chi connectivity index (χ1) is 6.33. The molecule has 1 unspecified atom stereocenters.